The van der Waals surface area contributed by atoms with Gasteiger partial charge in [0.05, 0.1) is 0 Å². The van der Waals surface area contributed by atoms with Crippen molar-refractivity contribution in [1.82, 2.24) is 4.90 Å². The molecule has 0 aromatic rings. The van der Waals surface area contributed by atoms with Gasteiger partial charge < -0.3 is 0 Å². The molecule has 1 saturated carbocycles. The molecule has 3 unspecified atom stereocenters. The van der Waals surface area contributed by atoms with E-state index in [1.807, 2.05) is 0 Å². The summed E-state index contributed by atoms with van der Waals surface area (Å²) in [6.07, 6.45) is 9.51. The Morgan fingerprint density at radius 1 is 1.18 bits per heavy atom. The summed E-state index contributed by atoms with van der Waals surface area (Å²) in [5.74, 6) is 0.878. The van der Waals surface area contributed by atoms with Gasteiger partial charge in [0.2, 0.25) is 0 Å². The minimum atomic E-state index is 0.340. The maximum Gasteiger partial charge on any atom is 0.137 e. The first kappa shape index (κ1) is 13.1. The second-order valence-corrected chi connectivity index (χ2v) is 5.95. The zero-order chi connectivity index (χ0) is 12.3. The summed E-state index contributed by atoms with van der Waals surface area (Å²) >= 11 is 0. The highest BCUT2D eigenvalue weighted by molar-refractivity contribution is 5.81. The van der Waals surface area contributed by atoms with E-state index in [1.54, 1.807) is 0 Å². The maximum absolute atomic E-state index is 12.1. The average molecular weight is 237 g/mol. The van der Waals surface area contributed by atoms with Crippen LogP contribution in [-0.2, 0) is 4.79 Å². The second kappa shape index (κ2) is 5.99. The van der Waals surface area contributed by atoms with Crippen molar-refractivity contribution in [3.8, 4) is 0 Å². The lowest BCUT2D eigenvalue weighted by atomic mass is 9.97. The van der Waals surface area contributed by atoms with E-state index in [0.717, 1.165) is 31.8 Å². The summed E-state index contributed by atoms with van der Waals surface area (Å²) in [6.45, 7) is 5.65. The Hall–Kier alpha value is -0.370. The van der Waals surface area contributed by atoms with Crippen molar-refractivity contribution in [3.63, 3.8) is 0 Å². The fourth-order valence-corrected chi connectivity index (χ4v) is 3.57. The molecule has 2 rings (SSSR count). The molecule has 2 nitrogen and oxygen atoms in total. The molecule has 17 heavy (non-hydrogen) atoms. The standard InChI is InChI=1S/C15H27NO/c1-3-14-10-9-12(2)16(14)11-13-7-5-4-6-8-15(13)17/h12-14H,3-11H2,1-2H3. The van der Waals surface area contributed by atoms with E-state index in [4.69, 9.17) is 0 Å². The highest BCUT2D eigenvalue weighted by atomic mass is 16.1. The van der Waals surface area contributed by atoms with E-state index in [1.165, 1.54) is 32.1 Å². The van der Waals surface area contributed by atoms with Crippen LogP contribution in [0.15, 0.2) is 0 Å². The van der Waals surface area contributed by atoms with Crippen LogP contribution in [0.1, 0.15) is 65.2 Å². The highest BCUT2D eigenvalue weighted by Gasteiger charge is 2.32. The molecule has 1 saturated heterocycles. The Kier molecular flexibility index (Phi) is 4.61. The van der Waals surface area contributed by atoms with E-state index >= 15 is 0 Å². The molecule has 98 valence electrons. The molecular formula is C15H27NO. The number of hydrogen-bond donors (Lipinski definition) is 0. The van der Waals surface area contributed by atoms with E-state index in [9.17, 15) is 4.79 Å². The molecule has 1 heterocycles. The zero-order valence-electron chi connectivity index (χ0n) is 11.5. The topological polar surface area (TPSA) is 20.3 Å². The van der Waals surface area contributed by atoms with Crippen molar-refractivity contribution in [2.24, 2.45) is 5.92 Å². The van der Waals surface area contributed by atoms with Crippen molar-refractivity contribution >= 4 is 5.78 Å². The number of rotatable bonds is 3. The number of ketones is 1. The predicted octanol–water partition coefficient (Wildman–Crippen LogP) is 3.40. The van der Waals surface area contributed by atoms with Crippen LogP contribution < -0.4 is 0 Å². The van der Waals surface area contributed by atoms with Crippen LogP contribution in [0.25, 0.3) is 0 Å². The first-order valence-corrected chi connectivity index (χ1v) is 7.50. The van der Waals surface area contributed by atoms with Crippen LogP contribution >= 0.6 is 0 Å². The van der Waals surface area contributed by atoms with Crippen LogP contribution in [0, 0.1) is 5.92 Å². The van der Waals surface area contributed by atoms with Gasteiger partial charge in [0.25, 0.3) is 0 Å². The fourth-order valence-electron chi connectivity index (χ4n) is 3.57. The monoisotopic (exact) mass is 237 g/mol. The van der Waals surface area contributed by atoms with Crippen molar-refractivity contribution in [1.29, 1.82) is 0 Å². The van der Waals surface area contributed by atoms with Crippen molar-refractivity contribution in [2.45, 2.75) is 77.3 Å². The lowest BCUT2D eigenvalue weighted by Gasteiger charge is -2.30. The lowest BCUT2D eigenvalue weighted by Crippen LogP contribution is -2.40. The smallest absolute Gasteiger partial charge is 0.137 e. The predicted molar refractivity (Wildman–Crippen MR) is 71.1 cm³/mol. The summed E-state index contributed by atoms with van der Waals surface area (Å²) in [5.41, 5.74) is 0. The molecule has 3 atom stereocenters. The highest BCUT2D eigenvalue weighted by Crippen LogP contribution is 2.29. The lowest BCUT2D eigenvalue weighted by molar-refractivity contribution is -0.123. The van der Waals surface area contributed by atoms with E-state index in [-0.39, 0.29) is 0 Å². The number of carbonyl (C=O) groups is 1. The molecule has 0 N–H and O–H groups in total. The van der Waals surface area contributed by atoms with Gasteiger partial charge in [0.15, 0.2) is 0 Å². The molecular weight excluding hydrogens is 210 g/mol. The van der Waals surface area contributed by atoms with E-state index < -0.39 is 0 Å². The van der Waals surface area contributed by atoms with Crippen LogP contribution in [0.2, 0.25) is 0 Å². The van der Waals surface area contributed by atoms with E-state index in [0.29, 0.717) is 17.7 Å². The first-order valence-electron chi connectivity index (χ1n) is 7.50. The zero-order valence-corrected chi connectivity index (χ0v) is 11.5. The molecule has 0 bridgehead atoms. The Labute approximate surface area is 106 Å². The van der Waals surface area contributed by atoms with Gasteiger partial charge in [0.1, 0.15) is 5.78 Å². The third-order valence-corrected chi connectivity index (χ3v) is 4.79. The van der Waals surface area contributed by atoms with Crippen LogP contribution in [0.4, 0.5) is 0 Å². The molecule has 0 aromatic heterocycles. The van der Waals surface area contributed by atoms with Gasteiger partial charge in [-0.1, -0.05) is 19.8 Å². The van der Waals surface area contributed by atoms with Gasteiger partial charge in [-0.2, -0.15) is 0 Å². The summed E-state index contributed by atoms with van der Waals surface area (Å²) in [5, 5.41) is 0. The molecule has 2 fully saturated rings. The molecule has 2 aliphatic rings. The van der Waals surface area contributed by atoms with Crippen LogP contribution in [0.3, 0.4) is 0 Å². The Balaban J connectivity index is 1.95. The third kappa shape index (κ3) is 3.09. The summed E-state index contributed by atoms with van der Waals surface area (Å²) in [6, 6.07) is 1.43. The number of nitrogens with zero attached hydrogens (tertiary/aromatic N) is 1. The molecule has 0 spiro atoms. The molecule has 0 radical (unpaired) electrons. The SMILES string of the molecule is CCC1CCC(C)N1CC1CCCCCC1=O. The Morgan fingerprint density at radius 2 is 2.00 bits per heavy atom. The minimum Gasteiger partial charge on any atom is -0.299 e. The number of Topliss-reactive ketones (excluding diaryl/α,β-unsaturated/α-hetero) is 1. The van der Waals surface area contributed by atoms with Crippen molar-refractivity contribution in [2.75, 3.05) is 6.54 Å². The molecule has 1 aliphatic carbocycles. The fraction of sp³-hybridized carbons (Fsp3) is 0.933. The van der Waals surface area contributed by atoms with Gasteiger partial charge in [-0.3, -0.25) is 9.69 Å². The Morgan fingerprint density at radius 3 is 2.76 bits per heavy atom. The summed E-state index contributed by atoms with van der Waals surface area (Å²) in [4.78, 5) is 14.7. The second-order valence-electron chi connectivity index (χ2n) is 5.95. The number of likely N-dealkylation sites (tertiary alicyclic amines) is 1. The van der Waals surface area contributed by atoms with Crippen molar-refractivity contribution < 1.29 is 4.79 Å². The quantitative estimate of drug-likeness (QED) is 0.701. The maximum atomic E-state index is 12.1. The molecule has 2 heteroatoms. The van der Waals surface area contributed by atoms with Crippen LogP contribution in [0.5, 0.6) is 0 Å². The van der Waals surface area contributed by atoms with E-state index in [2.05, 4.69) is 18.7 Å². The van der Waals surface area contributed by atoms with Gasteiger partial charge in [0, 0.05) is 31.0 Å². The normalized spacial score (nSPS) is 36.1. The molecule has 0 aromatic carbocycles. The molecule has 0 amide bonds. The van der Waals surface area contributed by atoms with Gasteiger partial charge in [-0.25, -0.2) is 0 Å². The number of carbonyl (C=O) groups excluding carboxylic acids is 1. The molecule has 1 aliphatic heterocycles. The average Bonchev–Trinajstić information content (AvgIpc) is 2.54. The third-order valence-electron chi connectivity index (χ3n) is 4.79. The first-order chi connectivity index (χ1) is 8.22. The van der Waals surface area contributed by atoms with Crippen molar-refractivity contribution in [3.05, 3.63) is 0 Å². The van der Waals surface area contributed by atoms with Gasteiger partial charge in [-0.05, 0) is 39.0 Å². The Bertz CT molecular complexity index is 264. The minimum absolute atomic E-state index is 0.340. The van der Waals surface area contributed by atoms with Crippen LogP contribution in [-0.4, -0.2) is 29.3 Å². The van der Waals surface area contributed by atoms with Gasteiger partial charge in [-0.15, -0.1) is 0 Å². The number of hydrogen-bond acceptors (Lipinski definition) is 2. The van der Waals surface area contributed by atoms with Gasteiger partial charge >= 0.3 is 0 Å². The largest absolute Gasteiger partial charge is 0.299 e. The summed E-state index contributed by atoms with van der Waals surface area (Å²) in [7, 11) is 0. The summed E-state index contributed by atoms with van der Waals surface area (Å²) < 4.78 is 0.